The van der Waals surface area contributed by atoms with Gasteiger partial charge < -0.3 is 30.9 Å². The molecule has 3 rings (SSSR count). The van der Waals surface area contributed by atoms with E-state index in [0.717, 1.165) is 0 Å². The number of nitrogens with one attached hydrogen (secondary N) is 1. The molecule has 6 N–H and O–H groups in total. The Bertz CT molecular complexity index is 834. The molecule has 2 aromatic heterocycles. The number of ether oxygens (including phenoxy) is 1. The van der Waals surface area contributed by atoms with Gasteiger partial charge in [-0.15, -0.1) is 5.92 Å². The first-order valence-electron chi connectivity index (χ1n) is 6.84. The maximum absolute atomic E-state index is 10.2. The van der Waals surface area contributed by atoms with Crippen LogP contribution in [0.15, 0.2) is 17.8 Å². The highest BCUT2D eigenvalue weighted by Crippen LogP contribution is 2.32. The van der Waals surface area contributed by atoms with E-state index in [9.17, 15) is 15.3 Å². The number of aromatic nitrogens is 4. The number of nitrogens with two attached hydrogens (primary N) is 1. The summed E-state index contributed by atoms with van der Waals surface area (Å²) in [5, 5.41) is 33.8. The summed E-state index contributed by atoms with van der Waals surface area (Å²) in [7, 11) is 0. The fraction of sp³-hybridized carbons (Fsp3) is 0.462. The minimum absolute atomic E-state index is 0.221. The van der Waals surface area contributed by atoms with E-state index in [4.69, 9.17) is 10.6 Å². The minimum Gasteiger partial charge on any atom is -0.387 e. The highest BCUT2D eigenvalue weighted by Gasteiger charge is 2.47. The fourth-order valence-corrected chi connectivity index (χ4v) is 2.58. The smallest absolute Gasteiger partial charge is 0.202 e. The summed E-state index contributed by atoms with van der Waals surface area (Å²) < 4.78 is 7.07. The first kappa shape index (κ1) is 15.4. The molecule has 1 aliphatic rings. The predicted molar refractivity (Wildman–Crippen MR) is 77.0 cm³/mol. The third kappa shape index (κ3) is 2.45. The Balaban J connectivity index is 2.01. The molecule has 1 aliphatic heterocycles. The monoisotopic (exact) mass is 320 g/mol. The summed E-state index contributed by atoms with van der Waals surface area (Å²) in [5.41, 5.74) is 1.06. The molecule has 0 radical (unpaired) electrons. The average Bonchev–Trinajstić information content (AvgIpc) is 3.10. The van der Waals surface area contributed by atoms with Gasteiger partial charge in [-0.05, 0) is 6.92 Å². The van der Waals surface area contributed by atoms with Crippen LogP contribution in [0.3, 0.4) is 0 Å². The maximum atomic E-state index is 10.2. The second kappa shape index (κ2) is 5.98. The van der Waals surface area contributed by atoms with Gasteiger partial charge in [0.05, 0.1) is 12.7 Å². The third-order valence-corrected chi connectivity index (χ3v) is 3.67. The van der Waals surface area contributed by atoms with Gasteiger partial charge >= 0.3 is 0 Å². The molecule has 0 saturated carbocycles. The van der Waals surface area contributed by atoms with Crippen LogP contribution in [0.25, 0.3) is 11.2 Å². The van der Waals surface area contributed by atoms with E-state index in [2.05, 4.69) is 31.9 Å². The molecule has 10 nitrogen and oxygen atoms in total. The van der Waals surface area contributed by atoms with Crippen molar-refractivity contribution in [3.05, 3.63) is 18.1 Å². The van der Waals surface area contributed by atoms with Gasteiger partial charge in [0.1, 0.15) is 30.1 Å². The second-order valence-electron chi connectivity index (χ2n) is 5.02. The van der Waals surface area contributed by atoms with Gasteiger partial charge in [0, 0.05) is 0 Å². The van der Waals surface area contributed by atoms with E-state index in [1.165, 1.54) is 17.2 Å². The Morgan fingerprint density at radius 2 is 2.22 bits per heavy atom. The van der Waals surface area contributed by atoms with Crippen LogP contribution < -0.4 is 11.3 Å². The molecule has 3 heterocycles. The summed E-state index contributed by atoms with van der Waals surface area (Å²) in [5.74, 6) is 10.3. The number of nitrogens with zero attached hydrogens (tertiary/aromatic N) is 4. The first-order chi connectivity index (χ1) is 11.1. The Kier molecular flexibility index (Phi) is 4.01. The van der Waals surface area contributed by atoms with Crippen molar-refractivity contribution < 1.29 is 20.1 Å². The summed E-state index contributed by atoms with van der Waals surface area (Å²) in [6, 6.07) is 0. The molecule has 1 unspecified atom stereocenters. The largest absolute Gasteiger partial charge is 0.387 e. The lowest BCUT2D eigenvalue weighted by molar-refractivity contribution is -0.0673. The third-order valence-electron chi connectivity index (χ3n) is 3.67. The quantitative estimate of drug-likeness (QED) is 0.233. The molecule has 0 aromatic carbocycles. The number of aliphatic hydroxyl groups excluding tert-OH is 3. The topological polar surface area (TPSA) is 155 Å². The molecule has 0 bridgehead atoms. The molecule has 23 heavy (non-hydrogen) atoms. The van der Waals surface area contributed by atoms with Crippen LogP contribution in [0.2, 0.25) is 0 Å². The lowest BCUT2D eigenvalue weighted by Gasteiger charge is -2.17. The number of aliphatic hydroxyl groups is 3. The molecule has 0 amide bonds. The lowest BCUT2D eigenvalue weighted by Crippen LogP contribution is -2.38. The predicted octanol–water partition coefficient (Wildman–Crippen LogP) is -2.46. The van der Waals surface area contributed by atoms with E-state index < -0.39 is 30.6 Å². The molecule has 5 atom stereocenters. The molecular weight excluding hydrogens is 304 g/mol. The van der Waals surface area contributed by atoms with Gasteiger partial charge in [-0.25, -0.2) is 9.97 Å². The number of hydrogen-bond acceptors (Lipinski definition) is 8. The van der Waals surface area contributed by atoms with Crippen molar-refractivity contribution in [3.8, 4) is 11.8 Å². The highest BCUT2D eigenvalue weighted by atomic mass is 16.6. The summed E-state index contributed by atoms with van der Waals surface area (Å²) in [4.78, 5) is 10.9. The molecule has 2 aromatic rings. The van der Waals surface area contributed by atoms with Gasteiger partial charge in [-0.3, -0.25) is 4.57 Å². The van der Waals surface area contributed by atoms with Gasteiger partial charge in [-0.2, -0.15) is 5.10 Å². The Labute approximate surface area is 130 Å². The number of fused-ring (bicyclic) bond motifs is 1. The molecule has 122 valence electrons. The van der Waals surface area contributed by atoms with E-state index in [-0.39, 0.29) is 5.49 Å². The molecule has 1 fully saturated rings. The molecule has 1 saturated heterocycles. The zero-order valence-electron chi connectivity index (χ0n) is 12.2. The van der Waals surface area contributed by atoms with Gasteiger partial charge in [0.2, 0.25) is 5.49 Å². The van der Waals surface area contributed by atoms with Crippen molar-refractivity contribution in [3.63, 3.8) is 0 Å². The molecule has 0 aliphatic carbocycles. The standard InChI is InChI=1S/C13H16N6O4/c1-2-3-6(20)10-8(21)9(22)13(23-10)19-5-17-7-11(18-14)15-4-16-12(7)19/h4-6,8-10,13,20-22H,14H2,1H3,(H,15,16,18)/t6?,8-,9+,10+,13+/m0/s1. The SMILES string of the molecule is CC#CC(O)[C@H]1O[C@@H](n2cnc3c(=NN)nc[nH]c32)[C@H](O)[C@@H]1O. The molecule has 0 spiro atoms. The van der Waals surface area contributed by atoms with Crippen LogP contribution in [0, 0.1) is 11.8 Å². The average molecular weight is 320 g/mol. The van der Waals surface area contributed by atoms with Crippen molar-refractivity contribution in [2.75, 3.05) is 0 Å². The first-order valence-corrected chi connectivity index (χ1v) is 6.84. The summed E-state index contributed by atoms with van der Waals surface area (Å²) in [6.07, 6.45) is -3.01. The number of H-pyrrole nitrogens is 1. The second-order valence-corrected chi connectivity index (χ2v) is 5.02. The highest BCUT2D eigenvalue weighted by molar-refractivity contribution is 5.68. The normalized spacial score (nSPS) is 29.5. The van der Waals surface area contributed by atoms with Crippen LogP contribution >= 0.6 is 0 Å². The van der Waals surface area contributed by atoms with Crippen LogP contribution in [0.4, 0.5) is 0 Å². The van der Waals surface area contributed by atoms with Gasteiger partial charge in [0.25, 0.3) is 0 Å². The lowest BCUT2D eigenvalue weighted by atomic mass is 10.1. The van der Waals surface area contributed by atoms with E-state index >= 15 is 0 Å². The van der Waals surface area contributed by atoms with Crippen molar-refractivity contribution in [1.82, 2.24) is 19.5 Å². The number of aromatic amines is 1. The Morgan fingerprint density at radius 1 is 1.43 bits per heavy atom. The van der Waals surface area contributed by atoms with E-state index in [1.54, 1.807) is 6.92 Å². The van der Waals surface area contributed by atoms with Gasteiger partial charge in [0.15, 0.2) is 11.7 Å². The molecule has 10 heteroatoms. The zero-order chi connectivity index (χ0) is 16.6. The number of imidazole rings is 1. The van der Waals surface area contributed by atoms with E-state index in [0.29, 0.717) is 11.2 Å². The van der Waals surface area contributed by atoms with Crippen LogP contribution in [-0.4, -0.2) is 59.3 Å². The fourth-order valence-electron chi connectivity index (χ4n) is 2.58. The van der Waals surface area contributed by atoms with Crippen LogP contribution in [0.1, 0.15) is 13.2 Å². The Morgan fingerprint density at radius 3 is 2.91 bits per heavy atom. The minimum atomic E-state index is -1.30. The van der Waals surface area contributed by atoms with Crippen molar-refractivity contribution >= 4 is 11.2 Å². The van der Waals surface area contributed by atoms with Gasteiger partial charge in [-0.1, -0.05) is 5.92 Å². The molecular formula is C13H16N6O4. The maximum Gasteiger partial charge on any atom is 0.202 e. The number of hydrogen-bond donors (Lipinski definition) is 5. The van der Waals surface area contributed by atoms with Crippen LogP contribution in [0.5, 0.6) is 0 Å². The zero-order valence-corrected chi connectivity index (χ0v) is 12.2. The van der Waals surface area contributed by atoms with Crippen molar-refractivity contribution in [2.45, 2.75) is 37.6 Å². The Hall–Kier alpha value is -2.45. The van der Waals surface area contributed by atoms with Crippen molar-refractivity contribution in [1.29, 1.82) is 0 Å². The van der Waals surface area contributed by atoms with E-state index in [1.807, 2.05) is 0 Å². The van der Waals surface area contributed by atoms with Crippen LogP contribution in [-0.2, 0) is 4.74 Å². The summed E-state index contributed by atoms with van der Waals surface area (Å²) in [6.45, 7) is 1.56. The summed E-state index contributed by atoms with van der Waals surface area (Å²) >= 11 is 0. The number of rotatable bonds is 2. The van der Waals surface area contributed by atoms with Crippen molar-refractivity contribution in [2.24, 2.45) is 10.9 Å².